The molecule has 0 unspecified atom stereocenters. The number of carbonyl (C=O) groups excluding carboxylic acids is 3. The summed E-state index contributed by atoms with van der Waals surface area (Å²) in [6, 6.07) is 5.67. The molecule has 3 aliphatic heterocycles. The fraction of sp³-hybridized carbons (Fsp3) is 0.387. The predicted octanol–water partition coefficient (Wildman–Crippen LogP) is 2.08. The maximum Gasteiger partial charge on any atom is 0.352 e. The molecule has 1 aromatic carbocycles. The van der Waals surface area contributed by atoms with Crippen molar-refractivity contribution in [1.82, 2.24) is 20.1 Å². The number of fused-ring (bicyclic) bond motifs is 2. The summed E-state index contributed by atoms with van der Waals surface area (Å²) in [6.45, 7) is 2.23. The number of aliphatic carboxylic acids is 1. The normalized spacial score (nSPS) is 21.2. The first-order valence-electron chi connectivity index (χ1n) is 14.9. The van der Waals surface area contributed by atoms with Gasteiger partial charge in [0, 0.05) is 60.0 Å². The maximum absolute atomic E-state index is 15.3. The van der Waals surface area contributed by atoms with Gasteiger partial charge in [0.2, 0.25) is 11.3 Å². The van der Waals surface area contributed by atoms with Gasteiger partial charge in [-0.2, -0.15) is 0 Å². The Morgan fingerprint density at radius 3 is 2.63 bits per heavy atom. The lowest BCUT2D eigenvalue weighted by Gasteiger charge is -2.49. The second-order valence-electron chi connectivity index (χ2n) is 11.6. The molecular weight excluding hydrogens is 638 g/mol. The molecule has 3 N–H and O–H groups in total. The first-order valence-corrected chi connectivity index (χ1v) is 16.9. The zero-order chi connectivity index (χ0) is 32.1. The van der Waals surface area contributed by atoms with Crippen LogP contribution in [0.15, 0.2) is 51.9 Å². The zero-order valence-corrected chi connectivity index (χ0v) is 26.1. The van der Waals surface area contributed by atoms with Crippen molar-refractivity contribution in [2.24, 2.45) is 0 Å². The lowest BCUT2D eigenvalue weighted by molar-refractivity contribution is -0.150. The van der Waals surface area contributed by atoms with Crippen LogP contribution in [0.5, 0.6) is 0 Å². The SMILES string of the molecule is O=C(Cc1cccs1)N[C@@H]1C(=O)N2C(C(=O)O)=C(COC(=O)c3cn(C4CC4)c4cc(N5CCNCC5)c(F)cc4c3=O)CS[C@H]12. The Morgan fingerprint density at radius 2 is 1.93 bits per heavy atom. The van der Waals surface area contributed by atoms with Crippen LogP contribution in [-0.2, 0) is 25.5 Å². The summed E-state index contributed by atoms with van der Waals surface area (Å²) in [5.41, 5.74) is -0.119. The molecule has 2 atom stereocenters. The number of halogens is 1. The number of thioether (sulfide) groups is 1. The van der Waals surface area contributed by atoms with Gasteiger partial charge in [-0.1, -0.05) is 6.07 Å². The molecule has 0 spiro atoms. The average Bonchev–Trinajstić information content (AvgIpc) is 3.77. The van der Waals surface area contributed by atoms with Gasteiger partial charge in [-0.25, -0.2) is 14.0 Å². The Kier molecular flexibility index (Phi) is 8.07. The van der Waals surface area contributed by atoms with Gasteiger partial charge >= 0.3 is 11.9 Å². The number of carbonyl (C=O) groups is 4. The van der Waals surface area contributed by atoms with Crippen LogP contribution in [-0.4, -0.2) is 88.3 Å². The van der Waals surface area contributed by atoms with Crippen molar-refractivity contribution in [1.29, 1.82) is 0 Å². The molecule has 7 rings (SSSR count). The second-order valence-corrected chi connectivity index (χ2v) is 13.7. The predicted molar refractivity (Wildman–Crippen MR) is 170 cm³/mol. The van der Waals surface area contributed by atoms with E-state index in [-0.39, 0.29) is 46.3 Å². The third-order valence-corrected chi connectivity index (χ3v) is 10.8. The molecule has 46 heavy (non-hydrogen) atoms. The van der Waals surface area contributed by atoms with Crippen molar-refractivity contribution in [3.63, 3.8) is 0 Å². The molecule has 3 aromatic rings. The first kappa shape index (κ1) is 30.4. The molecule has 0 radical (unpaired) electrons. The number of amides is 2. The Morgan fingerprint density at radius 1 is 1.15 bits per heavy atom. The number of carboxylic acids is 1. The largest absolute Gasteiger partial charge is 0.477 e. The number of piperazine rings is 1. The number of rotatable bonds is 9. The van der Waals surface area contributed by atoms with Crippen molar-refractivity contribution in [2.75, 3.05) is 43.4 Å². The number of aromatic nitrogens is 1. The minimum atomic E-state index is -1.37. The molecule has 15 heteroatoms. The highest BCUT2D eigenvalue weighted by atomic mass is 32.2. The van der Waals surface area contributed by atoms with E-state index in [2.05, 4.69) is 10.6 Å². The van der Waals surface area contributed by atoms with Crippen molar-refractivity contribution in [3.8, 4) is 0 Å². The van der Waals surface area contributed by atoms with E-state index < -0.39 is 47.1 Å². The average molecular weight is 668 g/mol. The van der Waals surface area contributed by atoms with Gasteiger partial charge in [0.1, 0.15) is 35.1 Å². The van der Waals surface area contributed by atoms with Crippen LogP contribution >= 0.6 is 23.1 Å². The summed E-state index contributed by atoms with van der Waals surface area (Å²) < 4.78 is 22.6. The number of carboxylic acid groups (broad SMARTS) is 1. The number of ether oxygens (including phenoxy) is 1. The van der Waals surface area contributed by atoms with E-state index in [0.29, 0.717) is 24.3 Å². The van der Waals surface area contributed by atoms with Crippen LogP contribution in [0, 0.1) is 5.82 Å². The smallest absolute Gasteiger partial charge is 0.352 e. The van der Waals surface area contributed by atoms with E-state index in [9.17, 15) is 29.1 Å². The van der Waals surface area contributed by atoms with Gasteiger partial charge in [0.05, 0.1) is 17.6 Å². The first-order chi connectivity index (χ1) is 22.2. The molecule has 3 fully saturated rings. The number of pyridine rings is 1. The molecule has 5 heterocycles. The monoisotopic (exact) mass is 667 g/mol. The number of esters is 1. The van der Waals surface area contributed by atoms with Crippen LogP contribution in [0.2, 0.25) is 0 Å². The van der Waals surface area contributed by atoms with E-state index in [1.807, 2.05) is 27.0 Å². The van der Waals surface area contributed by atoms with Gasteiger partial charge in [-0.15, -0.1) is 23.1 Å². The molecule has 2 amide bonds. The van der Waals surface area contributed by atoms with Crippen LogP contribution < -0.4 is 21.0 Å². The Balaban J connectivity index is 1.10. The topological polar surface area (TPSA) is 150 Å². The number of hydrogen-bond donors (Lipinski definition) is 3. The molecule has 2 aromatic heterocycles. The Bertz CT molecular complexity index is 1850. The highest BCUT2D eigenvalue weighted by Crippen LogP contribution is 2.41. The summed E-state index contributed by atoms with van der Waals surface area (Å²) in [6.07, 6.45) is 3.26. The highest BCUT2D eigenvalue weighted by molar-refractivity contribution is 8.00. The lowest BCUT2D eigenvalue weighted by atomic mass is 10.0. The fourth-order valence-electron chi connectivity index (χ4n) is 6.13. The molecule has 12 nitrogen and oxygen atoms in total. The molecule has 4 aliphatic rings. The Hall–Kier alpha value is -4.21. The van der Waals surface area contributed by atoms with Crippen molar-refractivity contribution >= 4 is 63.4 Å². The maximum atomic E-state index is 15.3. The van der Waals surface area contributed by atoms with Gasteiger partial charge < -0.3 is 29.9 Å². The van der Waals surface area contributed by atoms with Crippen LogP contribution in [0.25, 0.3) is 10.9 Å². The summed E-state index contributed by atoms with van der Waals surface area (Å²) in [5.74, 6) is -3.66. The summed E-state index contributed by atoms with van der Waals surface area (Å²) in [5, 5.41) is 17.2. The summed E-state index contributed by atoms with van der Waals surface area (Å²) in [4.78, 5) is 68.4. The van der Waals surface area contributed by atoms with Crippen LogP contribution in [0.3, 0.4) is 0 Å². The summed E-state index contributed by atoms with van der Waals surface area (Å²) in [7, 11) is 0. The molecule has 2 saturated heterocycles. The number of nitrogens with one attached hydrogen (secondary N) is 2. The van der Waals surface area contributed by atoms with E-state index in [0.717, 1.165) is 35.7 Å². The van der Waals surface area contributed by atoms with Gasteiger partial charge in [0.15, 0.2) is 0 Å². The minimum absolute atomic E-state index is 0.0557. The fourth-order valence-corrected chi connectivity index (χ4v) is 8.16. The summed E-state index contributed by atoms with van der Waals surface area (Å²) >= 11 is 2.67. The van der Waals surface area contributed by atoms with E-state index in [1.165, 1.54) is 35.4 Å². The highest BCUT2D eigenvalue weighted by Gasteiger charge is 2.54. The number of β-lactam (4-membered cyclic amide) rings is 1. The minimum Gasteiger partial charge on any atom is -0.477 e. The number of anilines is 1. The molecule has 240 valence electrons. The molecular formula is C31H30FN5O7S2. The van der Waals surface area contributed by atoms with Crippen molar-refractivity contribution in [2.45, 2.75) is 36.7 Å². The van der Waals surface area contributed by atoms with Crippen LogP contribution in [0.4, 0.5) is 10.1 Å². The number of nitrogens with zero attached hydrogens (tertiary/aromatic N) is 3. The van der Waals surface area contributed by atoms with Gasteiger partial charge in [0.25, 0.3) is 5.91 Å². The zero-order valence-electron chi connectivity index (χ0n) is 24.5. The van der Waals surface area contributed by atoms with Crippen molar-refractivity contribution < 1.29 is 33.4 Å². The van der Waals surface area contributed by atoms with E-state index in [4.69, 9.17) is 4.74 Å². The third-order valence-electron chi connectivity index (χ3n) is 8.58. The van der Waals surface area contributed by atoms with Crippen LogP contribution in [0.1, 0.15) is 34.1 Å². The Labute approximate surface area is 270 Å². The lowest BCUT2D eigenvalue weighted by Crippen LogP contribution is -2.70. The van der Waals surface area contributed by atoms with E-state index in [1.54, 1.807) is 6.07 Å². The molecule has 1 saturated carbocycles. The van der Waals surface area contributed by atoms with Gasteiger partial charge in [-0.3, -0.25) is 19.3 Å². The molecule has 1 aliphatic carbocycles. The second kappa shape index (κ2) is 12.2. The number of thiophene rings is 1. The third kappa shape index (κ3) is 5.56. The number of benzene rings is 1. The standard InChI is InChI=1S/C31H30FN5O7S2/c32-21-11-19-22(12-23(21)35-7-5-33-6-8-35)36(17-3-4-17)13-20(27(19)39)31(43)44-14-16-15-46-29-25(28(40)37(29)26(16)30(41)42)34-24(38)10-18-2-1-9-45-18/h1-2,9,11-13,17,25,29,33H,3-8,10,14-15H2,(H,34,38)(H,41,42)/t25-,29-/m1/s1. The molecule has 0 bridgehead atoms. The van der Waals surface area contributed by atoms with Crippen molar-refractivity contribution in [3.05, 3.63) is 73.6 Å². The number of hydrogen-bond acceptors (Lipinski definition) is 10. The quantitative estimate of drug-likeness (QED) is 0.229. The van der Waals surface area contributed by atoms with Gasteiger partial charge in [-0.05, 0) is 36.4 Å². The van der Waals surface area contributed by atoms with E-state index >= 15 is 4.39 Å².